The molecule has 1 aromatic rings. The summed E-state index contributed by atoms with van der Waals surface area (Å²) >= 11 is 0. The Kier molecular flexibility index (Phi) is 3.20. The van der Waals surface area contributed by atoms with Gasteiger partial charge in [0, 0.05) is 17.9 Å². The summed E-state index contributed by atoms with van der Waals surface area (Å²) in [5.74, 6) is -1.70. The van der Waals surface area contributed by atoms with Crippen LogP contribution in [0.15, 0.2) is 30.3 Å². The predicted molar refractivity (Wildman–Crippen MR) is 58.9 cm³/mol. The van der Waals surface area contributed by atoms with Crippen molar-refractivity contribution in [1.82, 2.24) is 0 Å². The fraction of sp³-hybridized carbons (Fsp3) is 0.308. The van der Waals surface area contributed by atoms with Crippen molar-refractivity contribution in [1.29, 1.82) is 5.26 Å². The highest BCUT2D eigenvalue weighted by Crippen LogP contribution is 2.25. The lowest BCUT2D eigenvalue weighted by atomic mass is 9.90. The van der Waals surface area contributed by atoms with Crippen LogP contribution >= 0.6 is 0 Å². The number of rotatable bonds is 3. The van der Waals surface area contributed by atoms with Gasteiger partial charge in [0.25, 0.3) is 0 Å². The highest BCUT2D eigenvalue weighted by molar-refractivity contribution is 5.96. The van der Waals surface area contributed by atoms with Gasteiger partial charge in [-0.3, -0.25) is 9.59 Å². The molecule has 1 aromatic carbocycles. The van der Waals surface area contributed by atoms with Gasteiger partial charge in [0.15, 0.2) is 11.7 Å². The topological polar surface area (TPSA) is 67.2 Å². The number of esters is 1. The van der Waals surface area contributed by atoms with E-state index in [1.807, 2.05) is 12.1 Å². The number of ether oxygens (including phenoxy) is 1. The van der Waals surface area contributed by atoms with E-state index >= 15 is 0 Å². The van der Waals surface area contributed by atoms with Gasteiger partial charge in [0.05, 0.1) is 12.7 Å². The summed E-state index contributed by atoms with van der Waals surface area (Å²) in [4.78, 5) is 23.1. The van der Waals surface area contributed by atoms with E-state index in [0.29, 0.717) is 5.56 Å². The number of hydrogen-bond donors (Lipinski definition) is 0. The number of hydrogen-bond acceptors (Lipinski definition) is 4. The molecule has 17 heavy (non-hydrogen) atoms. The van der Waals surface area contributed by atoms with Gasteiger partial charge in [-0.15, -0.1) is 0 Å². The quantitative estimate of drug-likeness (QED) is 0.582. The summed E-state index contributed by atoms with van der Waals surface area (Å²) in [6, 6.07) is 10.7. The largest absolute Gasteiger partial charge is 0.464 e. The lowest BCUT2D eigenvalue weighted by Gasteiger charge is -2.07. The van der Waals surface area contributed by atoms with Gasteiger partial charge in [-0.1, -0.05) is 30.3 Å². The molecule has 1 fully saturated rings. The van der Waals surface area contributed by atoms with E-state index in [4.69, 9.17) is 10.00 Å². The highest BCUT2D eigenvalue weighted by atomic mass is 16.5. The van der Waals surface area contributed by atoms with Crippen molar-refractivity contribution in [3.63, 3.8) is 0 Å². The third-order valence-corrected chi connectivity index (χ3v) is 2.85. The van der Waals surface area contributed by atoms with E-state index < -0.39 is 11.9 Å². The monoisotopic (exact) mass is 229 g/mol. The molecule has 2 rings (SSSR count). The number of nitrogens with zero attached hydrogens (tertiary/aromatic N) is 1. The smallest absolute Gasteiger partial charge is 0.323 e. The summed E-state index contributed by atoms with van der Waals surface area (Å²) in [6.45, 7) is 0.162. The zero-order valence-electron chi connectivity index (χ0n) is 9.13. The van der Waals surface area contributed by atoms with Crippen molar-refractivity contribution in [2.75, 3.05) is 6.61 Å². The lowest BCUT2D eigenvalue weighted by Crippen LogP contribution is -2.17. The van der Waals surface area contributed by atoms with Crippen LogP contribution in [0.2, 0.25) is 0 Å². The van der Waals surface area contributed by atoms with Crippen LogP contribution in [-0.2, 0) is 9.53 Å². The zero-order chi connectivity index (χ0) is 12.3. The standard InChI is InChI=1S/C13H11NO3/c14-7-11-10(8-17-13(11)16)6-12(15)9-4-2-1-3-5-9/h1-5,10-11H,6,8H2. The average molecular weight is 229 g/mol. The first-order valence-corrected chi connectivity index (χ1v) is 5.37. The molecule has 0 bridgehead atoms. The molecular weight excluding hydrogens is 218 g/mol. The molecule has 2 unspecified atom stereocenters. The Balaban J connectivity index is 2.05. The van der Waals surface area contributed by atoms with E-state index in [0.717, 1.165) is 0 Å². The van der Waals surface area contributed by atoms with E-state index in [9.17, 15) is 9.59 Å². The maximum absolute atomic E-state index is 11.9. The molecule has 2 atom stereocenters. The third-order valence-electron chi connectivity index (χ3n) is 2.85. The first-order chi connectivity index (χ1) is 8.22. The van der Waals surface area contributed by atoms with E-state index in [2.05, 4.69) is 0 Å². The van der Waals surface area contributed by atoms with Crippen molar-refractivity contribution in [2.24, 2.45) is 11.8 Å². The van der Waals surface area contributed by atoms with Gasteiger partial charge in [-0.2, -0.15) is 5.26 Å². The van der Waals surface area contributed by atoms with Crippen LogP contribution in [0, 0.1) is 23.2 Å². The van der Waals surface area contributed by atoms with Gasteiger partial charge in [-0.05, 0) is 0 Å². The Labute approximate surface area is 98.8 Å². The van der Waals surface area contributed by atoms with Crippen LogP contribution < -0.4 is 0 Å². The maximum Gasteiger partial charge on any atom is 0.323 e. The van der Waals surface area contributed by atoms with Crippen molar-refractivity contribution in [3.8, 4) is 6.07 Å². The number of cyclic esters (lactones) is 1. The number of benzene rings is 1. The molecule has 0 amide bonds. The van der Waals surface area contributed by atoms with Crippen LogP contribution in [0.3, 0.4) is 0 Å². The van der Waals surface area contributed by atoms with E-state index in [-0.39, 0.29) is 24.7 Å². The second kappa shape index (κ2) is 4.79. The second-order valence-corrected chi connectivity index (χ2v) is 3.99. The Bertz CT molecular complexity index is 475. The van der Waals surface area contributed by atoms with Gasteiger partial charge >= 0.3 is 5.97 Å². The van der Waals surface area contributed by atoms with Crippen molar-refractivity contribution < 1.29 is 14.3 Å². The van der Waals surface area contributed by atoms with Crippen LogP contribution in [0.1, 0.15) is 16.8 Å². The molecule has 0 radical (unpaired) electrons. The molecular formula is C13H11NO3. The summed E-state index contributed by atoms with van der Waals surface area (Å²) in [6.07, 6.45) is 0.175. The van der Waals surface area contributed by atoms with Crippen LogP contribution in [0.5, 0.6) is 0 Å². The van der Waals surface area contributed by atoms with Crippen molar-refractivity contribution >= 4 is 11.8 Å². The average Bonchev–Trinajstić information content (AvgIpc) is 2.71. The number of Topliss-reactive ketones (excluding diaryl/α,β-unsaturated/α-hetero) is 1. The number of carbonyl (C=O) groups excluding carboxylic acids is 2. The second-order valence-electron chi connectivity index (χ2n) is 3.99. The summed E-state index contributed by atoms with van der Waals surface area (Å²) in [5.41, 5.74) is 0.600. The summed E-state index contributed by atoms with van der Waals surface area (Å²) in [7, 11) is 0. The molecule has 1 heterocycles. The van der Waals surface area contributed by atoms with Crippen LogP contribution in [-0.4, -0.2) is 18.4 Å². The lowest BCUT2D eigenvalue weighted by molar-refractivity contribution is -0.139. The predicted octanol–water partition coefficient (Wildman–Crippen LogP) is 1.57. The minimum absolute atomic E-state index is 0.0610. The van der Waals surface area contributed by atoms with Crippen molar-refractivity contribution in [3.05, 3.63) is 35.9 Å². The zero-order valence-corrected chi connectivity index (χ0v) is 9.13. The molecule has 0 aliphatic carbocycles. The Morgan fingerprint density at radius 2 is 2.12 bits per heavy atom. The number of carbonyl (C=O) groups is 2. The molecule has 0 aromatic heterocycles. The Morgan fingerprint density at radius 3 is 2.76 bits per heavy atom. The van der Waals surface area contributed by atoms with Gasteiger partial charge in [-0.25, -0.2) is 0 Å². The molecule has 0 N–H and O–H groups in total. The molecule has 0 saturated carbocycles. The first-order valence-electron chi connectivity index (χ1n) is 5.37. The van der Waals surface area contributed by atoms with Gasteiger partial charge < -0.3 is 4.74 Å². The van der Waals surface area contributed by atoms with Gasteiger partial charge in [0.2, 0.25) is 0 Å². The first kappa shape index (κ1) is 11.3. The fourth-order valence-corrected chi connectivity index (χ4v) is 1.88. The highest BCUT2D eigenvalue weighted by Gasteiger charge is 2.38. The summed E-state index contributed by atoms with van der Waals surface area (Å²) in [5, 5.41) is 8.83. The molecule has 4 heteroatoms. The molecule has 86 valence electrons. The van der Waals surface area contributed by atoms with E-state index in [1.54, 1.807) is 24.3 Å². The molecule has 4 nitrogen and oxygen atoms in total. The SMILES string of the molecule is N#CC1C(=O)OCC1CC(=O)c1ccccc1. The number of nitriles is 1. The van der Waals surface area contributed by atoms with Gasteiger partial charge in [0.1, 0.15) is 0 Å². The Hall–Kier alpha value is -2.15. The maximum atomic E-state index is 11.9. The molecule has 1 saturated heterocycles. The fourth-order valence-electron chi connectivity index (χ4n) is 1.88. The summed E-state index contributed by atoms with van der Waals surface area (Å²) < 4.78 is 4.79. The minimum Gasteiger partial charge on any atom is -0.464 e. The van der Waals surface area contributed by atoms with Crippen molar-refractivity contribution in [2.45, 2.75) is 6.42 Å². The third kappa shape index (κ3) is 2.34. The van der Waals surface area contributed by atoms with Crippen LogP contribution in [0.25, 0.3) is 0 Å². The van der Waals surface area contributed by atoms with Crippen LogP contribution in [0.4, 0.5) is 0 Å². The number of ketones is 1. The molecule has 0 spiro atoms. The Morgan fingerprint density at radius 1 is 1.41 bits per heavy atom. The normalized spacial score (nSPS) is 22.9. The molecule has 1 aliphatic heterocycles. The minimum atomic E-state index is -0.803. The van der Waals surface area contributed by atoms with E-state index in [1.165, 1.54) is 0 Å². The molecule has 1 aliphatic rings.